The van der Waals surface area contributed by atoms with E-state index in [1.54, 1.807) is 0 Å². The van der Waals surface area contributed by atoms with Gasteiger partial charge in [-0.1, -0.05) is 0 Å². The Morgan fingerprint density at radius 2 is 2.28 bits per heavy atom. The second kappa shape index (κ2) is 6.55. The number of aromatic amines is 1. The van der Waals surface area contributed by atoms with Crippen LogP contribution in [0, 0.1) is 0 Å². The number of carbonyl (C=O) groups excluding carboxylic acids is 1. The number of ether oxygens (including phenoxy) is 1. The van der Waals surface area contributed by atoms with Crippen molar-refractivity contribution in [1.82, 2.24) is 10.3 Å². The molecule has 0 saturated carbocycles. The van der Waals surface area contributed by atoms with Crippen LogP contribution in [-0.4, -0.2) is 41.7 Å². The highest BCUT2D eigenvalue weighted by molar-refractivity contribution is 5.96. The minimum Gasteiger partial charge on any atom is -0.480 e. The molecule has 0 aliphatic heterocycles. The Hall–Kier alpha value is -2.15. The summed E-state index contributed by atoms with van der Waals surface area (Å²) in [4.78, 5) is 36.6. The summed E-state index contributed by atoms with van der Waals surface area (Å²) in [6.07, 6.45) is 2.74. The summed E-state index contributed by atoms with van der Waals surface area (Å²) in [5.41, 5.74) is -0.594. The van der Waals surface area contributed by atoms with Gasteiger partial charge in [0, 0.05) is 38.6 Å². The number of aliphatic carboxylic acids is 1. The van der Waals surface area contributed by atoms with Crippen molar-refractivity contribution < 1.29 is 19.4 Å². The minimum absolute atomic E-state index is 0.124. The van der Waals surface area contributed by atoms with Gasteiger partial charge in [-0.2, -0.15) is 0 Å². The summed E-state index contributed by atoms with van der Waals surface area (Å²) < 4.78 is 4.75. The normalized spacial score (nSPS) is 11.8. The van der Waals surface area contributed by atoms with Crippen LogP contribution < -0.4 is 10.7 Å². The molecule has 7 nitrogen and oxygen atoms in total. The molecule has 1 amide bonds. The lowest BCUT2D eigenvalue weighted by molar-refractivity contribution is -0.139. The summed E-state index contributed by atoms with van der Waals surface area (Å²) in [7, 11) is 1.43. The predicted octanol–water partition coefficient (Wildman–Crippen LogP) is -0.406. The van der Waals surface area contributed by atoms with Crippen molar-refractivity contribution in [2.45, 2.75) is 12.5 Å². The van der Waals surface area contributed by atoms with Gasteiger partial charge in [0.05, 0.1) is 0 Å². The maximum atomic E-state index is 11.7. The van der Waals surface area contributed by atoms with Gasteiger partial charge in [-0.25, -0.2) is 4.79 Å². The smallest absolute Gasteiger partial charge is 0.326 e. The molecule has 1 aromatic heterocycles. The van der Waals surface area contributed by atoms with E-state index in [4.69, 9.17) is 9.84 Å². The highest BCUT2D eigenvalue weighted by Crippen LogP contribution is 1.96. The summed E-state index contributed by atoms with van der Waals surface area (Å²) >= 11 is 0. The van der Waals surface area contributed by atoms with E-state index in [2.05, 4.69) is 10.3 Å². The molecule has 98 valence electrons. The zero-order valence-corrected chi connectivity index (χ0v) is 9.80. The third-order valence-electron chi connectivity index (χ3n) is 2.28. The molecule has 3 N–H and O–H groups in total. The fraction of sp³-hybridized carbons (Fsp3) is 0.364. The average molecular weight is 254 g/mol. The van der Waals surface area contributed by atoms with E-state index < -0.39 is 23.3 Å². The van der Waals surface area contributed by atoms with Crippen LogP contribution in [0.2, 0.25) is 0 Å². The number of H-pyrrole nitrogens is 1. The number of aromatic nitrogens is 1. The van der Waals surface area contributed by atoms with Crippen LogP contribution in [0.1, 0.15) is 16.8 Å². The molecule has 0 fully saturated rings. The molecule has 1 atom stereocenters. The van der Waals surface area contributed by atoms with E-state index in [0.29, 0.717) is 0 Å². The van der Waals surface area contributed by atoms with Crippen LogP contribution in [0.4, 0.5) is 0 Å². The van der Waals surface area contributed by atoms with Gasteiger partial charge in [-0.05, 0) is 0 Å². The number of hydrogen-bond donors (Lipinski definition) is 3. The molecule has 0 bridgehead atoms. The number of carboxylic acids is 1. The minimum atomic E-state index is -1.17. The molecule has 1 rings (SSSR count). The lowest BCUT2D eigenvalue weighted by Gasteiger charge is -2.13. The Balaban J connectivity index is 2.76. The van der Waals surface area contributed by atoms with E-state index in [-0.39, 0.29) is 18.6 Å². The first-order valence-corrected chi connectivity index (χ1v) is 5.26. The Morgan fingerprint density at radius 1 is 1.56 bits per heavy atom. The van der Waals surface area contributed by atoms with E-state index >= 15 is 0 Å². The topological polar surface area (TPSA) is 108 Å². The van der Waals surface area contributed by atoms with Crippen LogP contribution in [0.5, 0.6) is 0 Å². The van der Waals surface area contributed by atoms with E-state index in [1.807, 2.05) is 0 Å². The second-order valence-corrected chi connectivity index (χ2v) is 3.57. The molecule has 0 aromatic carbocycles. The van der Waals surface area contributed by atoms with Crippen LogP contribution in [0.15, 0.2) is 23.3 Å². The van der Waals surface area contributed by atoms with Crippen molar-refractivity contribution in [3.63, 3.8) is 0 Å². The number of nitrogens with one attached hydrogen (secondary N) is 2. The van der Waals surface area contributed by atoms with Crippen molar-refractivity contribution in [3.8, 4) is 0 Å². The van der Waals surface area contributed by atoms with Crippen LogP contribution >= 0.6 is 0 Å². The average Bonchev–Trinajstić information content (AvgIpc) is 2.34. The first-order chi connectivity index (χ1) is 8.56. The number of carbonyl (C=O) groups is 2. The van der Waals surface area contributed by atoms with Gasteiger partial charge in [0.2, 0.25) is 0 Å². The molecule has 0 aliphatic carbocycles. The van der Waals surface area contributed by atoms with Crippen molar-refractivity contribution >= 4 is 11.9 Å². The van der Waals surface area contributed by atoms with Gasteiger partial charge in [-0.3, -0.25) is 9.59 Å². The highest BCUT2D eigenvalue weighted by atomic mass is 16.5. The highest BCUT2D eigenvalue weighted by Gasteiger charge is 2.21. The Labute approximate surface area is 103 Å². The van der Waals surface area contributed by atoms with Gasteiger partial charge < -0.3 is 20.1 Å². The molecule has 0 radical (unpaired) electrons. The fourth-order valence-electron chi connectivity index (χ4n) is 1.32. The monoisotopic (exact) mass is 254 g/mol. The lowest BCUT2D eigenvalue weighted by Crippen LogP contribution is -2.42. The van der Waals surface area contributed by atoms with Crippen molar-refractivity contribution in [2.75, 3.05) is 13.7 Å². The first-order valence-electron chi connectivity index (χ1n) is 5.26. The number of rotatable bonds is 6. The largest absolute Gasteiger partial charge is 0.480 e. The number of carboxylic acid groups (broad SMARTS) is 1. The molecule has 18 heavy (non-hydrogen) atoms. The fourth-order valence-corrected chi connectivity index (χ4v) is 1.32. The Kier molecular flexibility index (Phi) is 5.06. The second-order valence-electron chi connectivity index (χ2n) is 3.57. The van der Waals surface area contributed by atoms with Crippen LogP contribution in [0.3, 0.4) is 0 Å². The number of amides is 1. The zero-order chi connectivity index (χ0) is 13.5. The molecule has 1 heterocycles. The van der Waals surface area contributed by atoms with Crippen molar-refractivity contribution in [2.24, 2.45) is 0 Å². The lowest BCUT2D eigenvalue weighted by atomic mass is 10.2. The van der Waals surface area contributed by atoms with Crippen LogP contribution in [-0.2, 0) is 9.53 Å². The van der Waals surface area contributed by atoms with E-state index in [0.717, 1.165) is 0 Å². The van der Waals surface area contributed by atoms with E-state index in [9.17, 15) is 14.4 Å². The SMILES string of the molecule is COCCC(NC(=O)c1c[nH]ccc1=O)C(=O)O. The maximum absolute atomic E-state index is 11.7. The quantitative estimate of drug-likeness (QED) is 0.639. The molecule has 1 unspecified atom stereocenters. The van der Waals surface area contributed by atoms with E-state index in [1.165, 1.54) is 25.6 Å². The molecule has 0 saturated heterocycles. The Morgan fingerprint density at radius 3 is 2.83 bits per heavy atom. The number of hydrogen-bond acceptors (Lipinski definition) is 4. The van der Waals surface area contributed by atoms with Gasteiger partial charge in [0.25, 0.3) is 5.91 Å². The summed E-state index contributed by atoms with van der Waals surface area (Å²) in [6.45, 7) is 0.197. The number of methoxy groups -OCH3 is 1. The molecule has 0 aliphatic rings. The van der Waals surface area contributed by atoms with Gasteiger partial charge in [-0.15, -0.1) is 0 Å². The standard InChI is InChI=1S/C11H14N2O5/c1-18-5-3-8(11(16)17)13-10(15)7-6-12-4-2-9(7)14/h2,4,6,8H,3,5H2,1H3,(H,12,14)(H,13,15)(H,16,17). The van der Waals surface area contributed by atoms with Crippen molar-refractivity contribution in [1.29, 1.82) is 0 Å². The summed E-state index contributed by atoms with van der Waals surface area (Å²) in [5, 5.41) is 11.2. The molecule has 7 heteroatoms. The first kappa shape index (κ1) is 13.9. The predicted molar refractivity (Wildman–Crippen MR) is 62.4 cm³/mol. The van der Waals surface area contributed by atoms with Gasteiger partial charge >= 0.3 is 5.97 Å². The maximum Gasteiger partial charge on any atom is 0.326 e. The summed E-state index contributed by atoms with van der Waals surface area (Å²) in [5.74, 6) is -1.90. The van der Waals surface area contributed by atoms with Crippen LogP contribution in [0.25, 0.3) is 0 Å². The molecular formula is C11H14N2O5. The van der Waals surface area contributed by atoms with Gasteiger partial charge in [0.1, 0.15) is 11.6 Å². The molecular weight excluding hydrogens is 240 g/mol. The third kappa shape index (κ3) is 3.70. The van der Waals surface area contributed by atoms with Crippen molar-refractivity contribution in [3.05, 3.63) is 34.2 Å². The van der Waals surface area contributed by atoms with Gasteiger partial charge in [0.15, 0.2) is 5.43 Å². The number of pyridine rings is 1. The summed E-state index contributed by atoms with van der Waals surface area (Å²) in [6, 6.07) is 0.108. The molecule has 0 spiro atoms. The Bertz CT molecular complexity index is 482. The zero-order valence-electron chi connectivity index (χ0n) is 9.80. The third-order valence-corrected chi connectivity index (χ3v) is 2.28. The molecule has 1 aromatic rings.